The first-order valence-electron chi connectivity index (χ1n) is 3.12. The summed E-state index contributed by atoms with van der Waals surface area (Å²) in [6.07, 6.45) is 1.37. The van der Waals surface area contributed by atoms with Crippen LogP contribution in [0.15, 0.2) is 13.2 Å². The summed E-state index contributed by atoms with van der Waals surface area (Å²) in [5.74, 6) is 0. The lowest BCUT2D eigenvalue weighted by Gasteiger charge is -2.04. The van der Waals surface area contributed by atoms with Crippen LogP contribution < -0.4 is 11.5 Å². The van der Waals surface area contributed by atoms with Gasteiger partial charge in [0.1, 0.15) is 12.6 Å². The van der Waals surface area contributed by atoms with Crippen molar-refractivity contribution in [2.45, 2.75) is 25.9 Å². The van der Waals surface area contributed by atoms with Crippen molar-refractivity contribution >= 4 is 12.6 Å². The van der Waals surface area contributed by atoms with E-state index in [-0.39, 0.29) is 13.8 Å². The van der Waals surface area contributed by atoms with Crippen LogP contribution in [0.2, 0.25) is 0 Å². The zero-order valence-electron chi connectivity index (χ0n) is 6.40. The van der Waals surface area contributed by atoms with Gasteiger partial charge in [0.2, 0.25) is 0 Å². The van der Waals surface area contributed by atoms with Crippen LogP contribution in [0.5, 0.6) is 0 Å². The Bertz CT molecular complexity index is 106. The molecule has 0 spiro atoms. The van der Waals surface area contributed by atoms with Crippen LogP contribution >= 0.6 is 0 Å². The third kappa shape index (κ3) is 11.8. The van der Waals surface area contributed by atoms with Gasteiger partial charge in [0.05, 0.1) is 12.1 Å². The summed E-state index contributed by atoms with van der Waals surface area (Å²) in [7, 11) is 0. The molecule has 0 aliphatic carbocycles. The van der Waals surface area contributed by atoms with Crippen molar-refractivity contribution in [3.8, 4) is 0 Å². The van der Waals surface area contributed by atoms with Crippen molar-refractivity contribution in [3.63, 3.8) is 0 Å². The van der Waals surface area contributed by atoms with Gasteiger partial charge in [-0.15, -0.1) is 13.2 Å². The standard InChI is InChI=1S/C5H10N2O2.C2H4.CH4/c6-4(2-8)1-5(7)3-9;1-2;/h2-5H,1,6-7H2;1-2H2;1H4. The number of hydrogen-bond acceptors (Lipinski definition) is 4. The van der Waals surface area contributed by atoms with Crippen LogP contribution in [0.3, 0.4) is 0 Å². The van der Waals surface area contributed by atoms with Gasteiger partial charge in [-0.05, 0) is 6.42 Å². The molecular weight excluding hydrogens is 156 g/mol. The average molecular weight is 174 g/mol. The van der Waals surface area contributed by atoms with E-state index in [0.29, 0.717) is 12.6 Å². The highest BCUT2D eigenvalue weighted by Gasteiger charge is 2.05. The van der Waals surface area contributed by atoms with Crippen LogP contribution in [-0.2, 0) is 9.59 Å². The zero-order valence-corrected chi connectivity index (χ0v) is 6.40. The summed E-state index contributed by atoms with van der Waals surface area (Å²) >= 11 is 0. The zero-order chi connectivity index (χ0) is 9.28. The number of carbonyl (C=O) groups is 2. The van der Waals surface area contributed by atoms with Crippen LogP contribution in [0, 0.1) is 0 Å². The fraction of sp³-hybridized carbons (Fsp3) is 0.500. The van der Waals surface area contributed by atoms with Crippen LogP contribution in [0.25, 0.3) is 0 Å². The van der Waals surface area contributed by atoms with E-state index >= 15 is 0 Å². The molecule has 0 bridgehead atoms. The summed E-state index contributed by atoms with van der Waals surface area (Å²) in [6, 6.07) is -1.21. The lowest BCUT2D eigenvalue weighted by molar-refractivity contribution is -0.110. The lowest BCUT2D eigenvalue weighted by Crippen LogP contribution is -2.33. The molecule has 2 atom stereocenters. The summed E-state index contributed by atoms with van der Waals surface area (Å²) in [5, 5.41) is 0. The molecule has 0 amide bonds. The third-order valence-electron chi connectivity index (χ3n) is 0.894. The second-order valence-corrected chi connectivity index (χ2v) is 1.84. The fourth-order valence-electron chi connectivity index (χ4n) is 0.425. The molecule has 0 saturated carbocycles. The minimum absolute atomic E-state index is 0. The molecular formula is C8H18N2O2. The summed E-state index contributed by atoms with van der Waals surface area (Å²) < 4.78 is 0. The molecule has 0 aliphatic rings. The van der Waals surface area contributed by atoms with Gasteiger partial charge in [0.15, 0.2) is 0 Å². The Hall–Kier alpha value is -1.00. The van der Waals surface area contributed by atoms with Crippen LogP contribution in [0.4, 0.5) is 0 Å². The van der Waals surface area contributed by atoms with Gasteiger partial charge in [0, 0.05) is 0 Å². The highest BCUT2D eigenvalue weighted by atomic mass is 16.1. The topological polar surface area (TPSA) is 86.2 Å². The van der Waals surface area contributed by atoms with E-state index in [1.54, 1.807) is 0 Å². The van der Waals surface area contributed by atoms with Crippen molar-refractivity contribution in [2.75, 3.05) is 0 Å². The Kier molecular flexibility index (Phi) is 18.1. The van der Waals surface area contributed by atoms with Crippen molar-refractivity contribution in [2.24, 2.45) is 11.5 Å². The fourth-order valence-corrected chi connectivity index (χ4v) is 0.425. The molecule has 4 heteroatoms. The second kappa shape index (κ2) is 12.7. The third-order valence-corrected chi connectivity index (χ3v) is 0.894. The number of hydrogen-bond donors (Lipinski definition) is 2. The summed E-state index contributed by atoms with van der Waals surface area (Å²) in [5.41, 5.74) is 10.3. The van der Waals surface area contributed by atoms with Crippen molar-refractivity contribution < 1.29 is 9.59 Å². The van der Waals surface area contributed by atoms with E-state index in [1.165, 1.54) is 0 Å². The van der Waals surface area contributed by atoms with Gasteiger partial charge in [-0.2, -0.15) is 0 Å². The molecule has 0 fully saturated rings. The van der Waals surface area contributed by atoms with E-state index in [1.807, 2.05) is 0 Å². The van der Waals surface area contributed by atoms with Crippen molar-refractivity contribution in [3.05, 3.63) is 13.2 Å². The Morgan fingerprint density at radius 2 is 1.33 bits per heavy atom. The molecule has 0 aliphatic heterocycles. The highest BCUT2D eigenvalue weighted by molar-refractivity contribution is 5.62. The largest absolute Gasteiger partial charge is 0.322 e. The maximum atomic E-state index is 9.86. The van der Waals surface area contributed by atoms with E-state index in [0.717, 1.165) is 0 Å². The van der Waals surface area contributed by atoms with Gasteiger partial charge < -0.3 is 21.1 Å². The molecule has 12 heavy (non-hydrogen) atoms. The molecule has 4 nitrogen and oxygen atoms in total. The van der Waals surface area contributed by atoms with E-state index in [4.69, 9.17) is 11.5 Å². The van der Waals surface area contributed by atoms with Gasteiger partial charge in [-0.1, -0.05) is 7.43 Å². The Morgan fingerprint density at radius 3 is 1.50 bits per heavy atom. The quantitative estimate of drug-likeness (QED) is 0.459. The Balaban J connectivity index is -0.000000249. The summed E-state index contributed by atoms with van der Waals surface area (Å²) in [4.78, 5) is 19.7. The minimum Gasteiger partial charge on any atom is -0.322 e. The molecule has 0 aromatic carbocycles. The first-order valence-corrected chi connectivity index (χ1v) is 3.12. The smallest absolute Gasteiger partial charge is 0.136 e. The predicted molar refractivity (Wildman–Crippen MR) is 50.7 cm³/mol. The predicted octanol–water partition coefficient (Wildman–Crippen LogP) is -0.133. The van der Waals surface area contributed by atoms with Gasteiger partial charge in [-0.3, -0.25) is 0 Å². The minimum atomic E-state index is -0.606. The number of carbonyl (C=O) groups excluding carboxylic acids is 2. The molecule has 2 unspecified atom stereocenters. The molecule has 4 N–H and O–H groups in total. The molecule has 72 valence electrons. The van der Waals surface area contributed by atoms with Crippen LogP contribution in [0.1, 0.15) is 13.8 Å². The molecule has 0 rings (SSSR count). The monoisotopic (exact) mass is 174 g/mol. The second-order valence-electron chi connectivity index (χ2n) is 1.84. The lowest BCUT2D eigenvalue weighted by atomic mass is 10.1. The number of rotatable bonds is 4. The normalized spacial score (nSPS) is 12.5. The number of nitrogens with two attached hydrogens (primary N) is 2. The molecule has 0 saturated heterocycles. The van der Waals surface area contributed by atoms with E-state index in [9.17, 15) is 9.59 Å². The molecule has 0 radical (unpaired) electrons. The van der Waals surface area contributed by atoms with Crippen molar-refractivity contribution in [1.29, 1.82) is 0 Å². The highest BCUT2D eigenvalue weighted by Crippen LogP contribution is 1.85. The molecule has 0 heterocycles. The molecule has 0 aromatic rings. The van der Waals surface area contributed by atoms with Crippen molar-refractivity contribution in [1.82, 2.24) is 0 Å². The number of aldehydes is 2. The molecule has 0 aromatic heterocycles. The van der Waals surface area contributed by atoms with Gasteiger partial charge in [0.25, 0.3) is 0 Å². The maximum Gasteiger partial charge on any atom is 0.136 e. The maximum absolute atomic E-state index is 9.86. The first kappa shape index (κ1) is 17.2. The Labute approximate surface area is 73.6 Å². The van der Waals surface area contributed by atoms with E-state index < -0.39 is 12.1 Å². The SMILES string of the molecule is C.C=C.NC(C=O)CC(N)C=O. The van der Waals surface area contributed by atoms with E-state index in [2.05, 4.69) is 13.2 Å². The average Bonchev–Trinajstić information content (AvgIpc) is 2.07. The Morgan fingerprint density at radius 1 is 1.08 bits per heavy atom. The first-order chi connectivity index (χ1) is 5.20. The van der Waals surface area contributed by atoms with Crippen LogP contribution in [-0.4, -0.2) is 24.7 Å². The summed E-state index contributed by atoms with van der Waals surface area (Å²) in [6.45, 7) is 6.00. The van der Waals surface area contributed by atoms with Gasteiger partial charge >= 0.3 is 0 Å². The van der Waals surface area contributed by atoms with Gasteiger partial charge in [-0.25, -0.2) is 0 Å².